The van der Waals surface area contributed by atoms with Gasteiger partial charge in [-0.05, 0) is 62.7 Å². The van der Waals surface area contributed by atoms with E-state index in [1.165, 1.54) is 49.4 Å². The lowest BCUT2D eigenvalue weighted by Crippen LogP contribution is -2.51. The van der Waals surface area contributed by atoms with Crippen LogP contribution in [0.4, 0.5) is 14.5 Å². The molecule has 0 saturated carbocycles. The molecule has 3 aromatic carbocycles. The highest BCUT2D eigenvalue weighted by atomic mass is 32.2. The molecule has 0 heterocycles. The van der Waals surface area contributed by atoms with E-state index < -0.39 is 46.1 Å². The Hall–Kier alpha value is -3.79. The number of benzene rings is 3. The molecule has 0 aromatic heterocycles. The van der Waals surface area contributed by atoms with Gasteiger partial charge in [-0.2, -0.15) is 0 Å². The fraction of sp³-hybridized carbons (Fsp3) is 0.286. The first kappa shape index (κ1) is 28.8. The van der Waals surface area contributed by atoms with E-state index in [9.17, 15) is 26.8 Å². The van der Waals surface area contributed by atoms with Gasteiger partial charge in [0.1, 0.15) is 24.2 Å². The maximum atomic E-state index is 14.5. The summed E-state index contributed by atoms with van der Waals surface area (Å²) in [5.41, 5.74) is 1.08. The Morgan fingerprint density at radius 2 is 1.58 bits per heavy atom. The molecular formula is C28H31F2N3O4S. The Morgan fingerprint density at radius 3 is 2.18 bits per heavy atom. The molecular weight excluding hydrogens is 512 g/mol. The summed E-state index contributed by atoms with van der Waals surface area (Å²) in [6.45, 7) is 4.62. The average Bonchev–Trinajstić information content (AvgIpc) is 2.90. The topological polar surface area (TPSA) is 86.8 Å². The van der Waals surface area contributed by atoms with Gasteiger partial charge in [0.2, 0.25) is 11.8 Å². The fourth-order valence-corrected chi connectivity index (χ4v) is 5.18. The SMILES string of the molecule is CCCNC(=O)[C@H](C)N(Cc1ccccc1F)C(=O)CN(c1ccc(F)cc1)S(=O)(=O)c1ccc(C)cc1. The average molecular weight is 544 g/mol. The third-order valence-electron chi connectivity index (χ3n) is 6.02. The highest BCUT2D eigenvalue weighted by Gasteiger charge is 2.32. The van der Waals surface area contributed by atoms with Gasteiger partial charge in [-0.15, -0.1) is 0 Å². The molecule has 3 aromatic rings. The van der Waals surface area contributed by atoms with Crippen molar-refractivity contribution in [3.8, 4) is 0 Å². The highest BCUT2D eigenvalue weighted by Crippen LogP contribution is 2.25. The molecule has 202 valence electrons. The molecule has 7 nitrogen and oxygen atoms in total. The number of nitrogens with zero attached hydrogens (tertiary/aromatic N) is 2. The van der Waals surface area contributed by atoms with Crippen molar-refractivity contribution in [3.05, 3.63) is 95.6 Å². The van der Waals surface area contributed by atoms with Gasteiger partial charge in [0.25, 0.3) is 10.0 Å². The van der Waals surface area contributed by atoms with Crippen molar-refractivity contribution >= 4 is 27.5 Å². The van der Waals surface area contributed by atoms with Gasteiger partial charge in [0.05, 0.1) is 10.6 Å². The normalized spacial score (nSPS) is 12.0. The molecule has 0 saturated heterocycles. The Labute approximate surface area is 222 Å². The van der Waals surface area contributed by atoms with Gasteiger partial charge in [0.15, 0.2) is 0 Å². The zero-order chi connectivity index (χ0) is 27.9. The van der Waals surface area contributed by atoms with E-state index >= 15 is 0 Å². The first-order valence-corrected chi connectivity index (χ1v) is 13.6. The molecule has 1 N–H and O–H groups in total. The van der Waals surface area contributed by atoms with Crippen molar-refractivity contribution in [1.29, 1.82) is 0 Å². The molecule has 38 heavy (non-hydrogen) atoms. The lowest BCUT2D eigenvalue weighted by molar-refractivity contribution is -0.139. The molecule has 1 atom stereocenters. The maximum Gasteiger partial charge on any atom is 0.264 e. The van der Waals surface area contributed by atoms with Gasteiger partial charge in [-0.1, -0.05) is 42.8 Å². The van der Waals surface area contributed by atoms with Crippen LogP contribution in [-0.2, 0) is 26.2 Å². The van der Waals surface area contributed by atoms with Crippen LogP contribution in [-0.4, -0.2) is 44.3 Å². The quantitative estimate of drug-likeness (QED) is 0.388. The summed E-state index contributed by atoms with van der Waals surface area (Å²) in [4.78, 5) is 27.6. The lowest BCUT2D eigenvalue weighted by Gasteiger charge is -2.32. The molecule has 10 heteroatoms. The Morgan fingerprint density at radius 1 is 0.947 bits per heavy atom. The highest BCUT2D eigenvalue weighted by molar-refractivity contribution is 7.92. The van der Waals surface area contributed by atoms with Crippen molar-refractivity contribution < 1.29 is 26.8 Å². The number of rotatable bonds is 11. The second-order valence-corrected chi connectivity index (χ2v) is 10.7. The maximum absolute atomic E-state index is 14.5. The van der Waals surface area contributed by atoms with E-state index in [2.05, 4.69) is 5.32 Å². The molecule has 0 fully saturated rings. The van der Waals surface area contributed by atoms with Crippen LogP contribution >= 0.6 is 0 Å². The van der Waals surface area contributed by atoms with E-state index in [0.717, 1.165) is 26.9 Å². The molecule has 0 spiro atoms. The molecule has 2 amide bonds. The van der Waals surface area contributed by atoms with Crippen LogP contribution in [0.1, 0.15) is 31.4 Å². The number of carbonyl (C=O) groups excluding carboxylic acids is 2. The van der Waals surface area contributed by atoms with E-state index in [-0.39, 0.29) is 22.7 Å². The van der Waals surface area contributed by atoms with Gasteiger partial charge in [-0.25, -0.2) is 17.2 Å². The van der Waals surface area contributed by atoms with Crippen LogP contribution in [0.2, 0.25) is 0 Å². The second kappa shape index (κ2) is 12.6. The smallest absolute Gasteiger partial charge is 0.264 e. The van der Waals surface area contributed by atoms with Gasteiger partial charge in [-0.3, -0.25) is 13.9 Å². The van der Waals surface area contributed by atoms with E-state index in [1.807, 2.05) is 13.8 Å². The minimum Gasteiger partial charge on any atom is -0.354 e. The first-order chi connectivity index (χ1) is 18.0. The minimum absolute atomic E-state index is 0.0605. The summed E-state index contributed by atoms with van der Waals surface area (Å²) in [6.07, 6.45) is 0.673. The number of nitrogens with one attached hydrogen (secondary N) is 1. The van der Waals surface area contributed by atoms with Crippen LogP contribution in [0, 0.1) is 18.6 Å². The van der Waals surface area contributed by atoms with Crippen molar-refractivity contribution in [1.82, 2.24) is 10.2 Å². The summed E-state index contributed by atoms with van der Waals surface area (Å²) < 4.78 is 56.4. The Kier molecular flexibility index (Phi) is 9.57. The summed E-state index contributed by atoms with van der Waals surface area (Å²) >= 11 is 0. The number of amides is 2. The first-order valence-electron chi connectivity index (χ1n) is 12.2. The summed E-state index contributed by atoms with van der Waals surface area (Å²) in [7, 11) is -4.26. The van der Waals surface area contributed by atoms with Crippen LogP contribution in [0.3, 0.4) is 0 Å². The zero-order valence-corrected chi connectivity index (χ0v) is 22.3. The molecule has 0 aliphatic carbocycles. The van der Waals surface area contributed by atoms with E-state index in [0.29, 0.717) is 13.0 Å². The van der Waals surface area contributed by atoms with Gasteiger partial charge >= 0.3 is 0 Å². The number of hydrogen-bond acceptors (Lipinski definition) is 4. The van der Waals surface area contributed by atoms with Gasteiger partial charge < -0.3 is 10.2 Å². The number of anilines is 1. The summed E-state index contributed by atoms with van der Waals surface area (Å²) in [6, 6.07) is 15.6. The monoisotopic (exact) mass is 543 g/mol. The lowest BCUT2D eigenvalue weighted by atomic mass is 10.1. The number of aryl methyl sites for hydroxylation is 1. The number of hydrogen-bond donors (Lipinski definition) is 1. The van der Waals surface area contributed by atoms with E-state index in [1.54, 1.807) is 18.2 Å². The zero-order valence-electron chi connectivity index (χ0n) is 21.5. The number of sulfonamides is 1. The van der Waals surface area contributed by atoms with Crippen molar-refractivity contribution in [2.75, 3.05) is 17.4 Å². The predicted molar refractivity (Wildman–Crippen MR) is 142 cm³/mol. The molecule has 0 unspecified atom stereocenters. The standard InChI is InChI=1S/C28H31F2N3O4S/c1-4-17-31-28(35)21(3)32(18-22-7-5-6-8-26(22)30)27(34)19-33(24-13-11-23(29)12-14-24)38(36,37)25-15-9-20(2)10-16-25/h5-16,21H,4,17-19H2,1-3H3,(H,31,35)/t21-/m0/s1. The third kappa shape index (κ3) is 6.95. The molecule has 3 rings (SSSR count). The Bertz CT molecular complexity index is 1360. The molecule has 0 bridgehead atoms. The molecule has 0 radical (unpaired) electrons. The summed E-state index contributed by atoms with van der Waals surface area (Å²) in [5.74, 6) is -2.32. The Balaban J connectivity index is 2.02. The van der Waals surface area contributed by atoms with Crippen LogP contribution in [0.25, 0.3) is 0 Å². The van der Waals surface area contributed by atoms with E-state index in [4.69, 9.17) is 0 Å². The van der Waals surface area contributed by atoms with Crippen molar-refractivity contribution in [2.45, 2.75) is 44.7 Å². The summed E-state index contributed by atoms with van der Waals surface area (Å²) in [5, 5.41) is 2.72. The third-order valence-corrected chi connectivity index (χ3v) is 7.81. The van der Waals surface area contributed by atoms with Crippen molar-refractivity contribution in [3.63, 3.8) is 0 Å². The largest absolute Gasteiger partial charge is 0.354 e. The second-order valence-electron chi connectivity index (χ2n) is 8.88. The van der Waals surface area contributed by atoms with Gasteiger partial charge in [0, 0.05) is 18.7 Å². The van der Waals surface area contributed by atoms with Crippen LogP contribution < -0.4 is 9.62 Å². The number of carbonyl (C=O) groups is 2. The minimum atomic E-state index is -4.26. The molecule has 0 aliphatic rings. The van der Waals surface area contributed by atoms with Crippen LogP contribution in [0.5, 0.6) is 0 Å². The predicted octanol–water partition coefficient (Wildman–Crippen LogP) is 4.41. The number of halogens is 2. The van der Waals surface area contributed by atoms with Crippen LogP contribution in [0.15, 0.2) is 77.7 Å². The van der Waals surface area contributed by atoms with Crippen molar-refractivity contribution in [2.24, 2.45) is 0 Å². The fourth-order valence-electron chi connectivity index (χ4n) is 3.76. The molecule has 0 aliphatic heterocycles.